The molecule has 0 amide bonds. The Balaban J connectivity index is 1.86. The van der Waals surface area contributed by atoms with E-state index in [1.165, 1.54) is 12.8 Å². The van der Waals surface area contributed by atoms with Crippen LogP contribution >= 0.6 is 23.3 Å². The summed E-state index contributed by atoms with van der Waals surface area (Å²) in [6, 6.07) is 0. The molecule has 0 aromatic carbocycles. The van der Waals surface area contributed by atoms with Gasteiger partial charge in [-0.25, -0.2) is 0 Å². The summed E-state index contributed by atoms with van der Waals surface area (Å²) in [5, 5.41) is 12.5. The van der Waals surface area contributed by atoms with Crippen LogP contribution in [0.25, 0.3) is 0 Å². The average Bonchev–Trinajstić information content (AvgIpc) is 2.81. The number of nitrogens with zero attached hydrogens (tertiary/aromatic N) is 2. The van der Waals surface area contributed by atoms with E-state index >= 15 is 0 Å². The second-order valence-electron chi connectivity index (χ2n) is 3.73. The van der Waals surface area contributed by atoms with Crippen LogP contribution in [0, 0.1) is 5.41 Å². The normalized spacial score (nSPS) is 18.1. The van der Waals surface area contributed by atoms with Crippen LogP contribution in [-0.4, -0.2) is 27.0 Å². The quantitative estimate of drug-likeness (QED) is 0.814. The van der Waals surface area contributed by atoms with E-state index in [-0.39, 0.29) is 12.0 Å². The predicted molar refractivity (Wildman–Crippen MR) is 56.8 cm³/mol. The Morgan fingerprint density at radius 3 is 2.79 bits per heavy atom. The Labute approximate surface area is 91.6 Å². The van der Waals surface area contributed by atoms with Gasteiger partial charge in [-0.1, -0.05) is 11.6 Å². The monoisotopic (exact) mass is 233 g/mol. The van der Waals surface area contributed by atoms with Gasteiger partial charge in [0.2, 0.25) is 0 Å². The summed E-state index contributed by atoms with van der Waals surface area (Å²) in [5.41, 5.74) is 0.279. The first-order chi connectivity index (χ1) is 6.76. The fourth-order valence-corrected chi connectivity index (χ4v) is 2.17. The lowest BCUT2D eigenvalue weighted by Gasteiger charge is -2.13. The Hall–Kier alpha value is -0.390. The first-order valence-corrected chi connectivity index (χ1v) is 5.69. The van der Waals surface area contributed by atoms with Gasteiger partial charge in [0.05, 0.1) is 11.7 Å². The molecule has 1 saturated carbocycles. The SMILES string of the molecule is OCCC1(CNc2nsnc2Cl)CC1. The van der Waals surface area contributed by atoms with Crippen LogP contribution in [0.5, 0.6) is 0 Å². The summed E-state index contributed by atoms with van der Waals surface area (Å²) in [5.74, 6) is 0.667. The summed E-state index contributed by atoms with van der Waals surface area (Å²) in [7, 11) is 0. The van der Waals surface area contributed by atoms with Gasteiger partial charge in [0, 0.05) is 13.2 Å². The minimum Gasteiger partial charge on any atom is -0.396 e. The topological polar surface area (TPSA) is 58.0 Å². The van der Waals surface area contributed by atoms with Gasteiger partial charge in [-0.05, 0) is 24.7 Å². The van der Waals surface area contributed by atoms with Crippen LogP contribution in [0.3, 0.4) is 0 Å². The van der Waals surface area contributed by atoms with E-state index in [2.05, 4.69) is 14.1 Å². The molecule has 6 heteroatoms. The molecule has 78 valence electrons. The van der Waals surface area contributed by atoms with Gasteiger partial charge in [0.25, 0.3) is 0 Å². The molecule has 0 unspecified atom stereocenters. The largest absolute Gasteiger partial charge is 0.396 e. The summed E-state index contributed by atoms with van der Waals surface area (Å²) in [6.45, 7) is 1.09. The minimum atomic E-state index is 0.255. The average molecular weight is 234 g/mol. The number of hydrogen-bond donors (Lipinski definition) is 2. The maximum Gasteiger partial charge on any atom is 0.186 e. The molecule has 2 N–H and O–H groups in total. The van der Waals surface area contributed by atoms with Crippen LogP contribution in [0.4, 0.5) is 5.82 Å². The van der Waals surface area contributed by atoms with E-state index in [1.54, 1.807) is 0 Å². The van der Waals surface area contributed by atoms with Gasteiger partial charge in [-0.3, -0.25) is 0 Å². The molecule has 1 fully saturated rings. The smallest absolute Gasteiger partial charge is 0.186 e. The Morgan fingerprint density at radius 1 is 1.50 bits per heavy atom. The van der Waals surface area contributed by atoms with Crippen LogP contribution < -0.4 is 5.32 Å². The lowest BCUT2D eigenvalue weighted by molar-refractivity contribution is 0.253. The second kappa shape index (κ2) is 4.00. The van der Waals surface area contributed by atoms with E-state index in [0.29, 0.717) is 11.0 Å². The summed E-state index contributed by atoms with van der Waals surface area (Å²) < 4.78 is 7.90. The molecule has 0 aliphatic heterocycles. The molecule has 1 aliphatic rings. The lowest BCUT2D eigenvalue weighted by Crippen LogP contribution is -2.17. The van der Waals surface area contributed by atoms with Gasteiger partial charge in [-0.15, -0.1) is 0 Å². The number of rotatable bonds is 5. The maximum atomic E-state index is 8.87. The zero-order valence-corrected chi connectivity index (χ0v) is 9.24. The number of nitrogens with one attached hydrogen (secondary N) is 1. The fraction of sp³-hybridized carbons (Fsp3) is 0.750. The molecule has 1 heterocycles. The lowest BCUT2D eigenvalue weighted by atomic mass is 10.0. The number of aromatic nitrogens is 2. The van der Waals surface area contributed by atoms with E-state index in [9.17, 15) is 0 Å². The molecule has 0 bridgehead atoms. The molecule has 1 aliphatic carbocycles. The van der Waals surface area contributed by atoms with Crippen molar-refractivity contribution in [2.45, 2.75) is 19.3 Å². The van der Waals surface area contributed by atoms with Crippen molar-refractivity contribution in [2.24, 2.45) is 5.41 Å². The van der Waals surface area contributed by atoms with Gasteiger partial charge >= 0.3 is 0 Å². The zero-order chi connectivity index (χ0) is 10.0. The van der Waals surface area contributed by atoms with Crippen LogP contribution in [-0.2, 0) is 0 Å². The van der Waals surface area contributed by atoms with Crippen molar-refractivity contribution in [1.82, 2.24) is 8.75 Å². The maximum absolute atomic E-state index is 8.87. The molecular formula is C8H12ClN3OS. The third kappa shape index (κ3) is 2.16. The number of aliphatic hydroxyl groups is 1. The first-order valence-electron chi connectivity index (χ1n) is 4.59. The molecule has 2 rings (SSSR count). The van der Waals surface area contributed by atoms with Crippen molar-refractivity contribution in [1.29, 1.82) is 0 Å². The highest BCUT2D eigenvalue weighted by Crippen LogP contribution is 2.48. The Bertz CT molecular complexity index is 313. The van der Waals surface area contributed by atoms with Crippen LogP contribution in [0.2, 0.25) is 5.15 Å². The molecule has 1 aromatic heterocycles. The minimum absolute atomic E-state index is 0.255. The third-order valence-corrected chi connectivity index (χ3v) is 3.57. The van der Waals surface area contributed by atoms with Crippen molar-refractivity contribution in [3.63, 3.8) is 0 Å². The van der Waals surface area contributed by atoms with Gasteiger partial charge in [0.1, 0.15) is 0 Å². The highest BCUT2D eigenvalue weighted by molar-refractivity contribution is 6.99. The van der Waals surface area contributed by atoms with Crippen molar-refractivity contribution in [3.05, 3.63) is 5.15 Å². The Kier molecular flexibility index (Phi) is 2.90. The Morgan fingerprint density at radius 2 is 2.29 bits per heavy atom. The molecule has 1 aromatic rings. The van der Waals surface area contributed by atoms with E-state index < -0.39 is 0 Å². The number of halogens is 1. The molecule has 0 radical (unpaired) electrons. The molecule has 0 saturated heterocycles. The number of hydrogen-bond acceptors (Lipinski definition) is 5. The van der Waals surface area contributed by atoms with Crippen molar-refractivity contribution in [2.75, 3.05) is 18.5 Å². The molecule has 0 atom stereocenters. The number of anilines is 1. The van der Waals surface area contributed by atoms with Crippen molar-refractivity contribution in [3.8, 4) is 0 Å². The number of aliphatic hydroxyl groups excluding tert-OH is 1. The second-order valence-corrected chi connectivity index (χ2v) is 4.62. The molecule has 0 spiro atoms. The van der Waals surface area contributed by atoms with Gasteiger partial charge in [-0.2, -0.15) is 8.75 Å². The van der Waals surface area contributed by atoms with Crippen LogP contribution in [0.1, 0.15) is 19.3 Å². The summed E-state index contributed by atoms with van der Waals surface area (Å²) in [4.78, 5) is 0. The summed E-state index contributed by atoms with van der Waals surface area (Å²) in [6.07, 6.45) is 3.21. The third-order valence-electron chi connectivity index (χ3n) is 2.68. The first kappa shape index (κ1) is 10.1. The van der Waals surface area contributed by atoms with E-state index in [0.717, 1.165) is 24.7 Å². The molecule has 4 nitrogen and oxygen atoms in total. The van der Waals surface area contributed by atoms with Gasteiger partial charge < -0.3 is 10.4 Å². The predicted octanol–water partition coefficient (Wildman–Crippen LogP) is 1.77. The van der Waals surface area contributed by atoms with Crippen LogP contribution in [0.15, 0.2) is 0 Å². The fourth-order valence-electron chi connectivity index (χ4n) is 1.48. The summed E-state index contributed by atoms with van der Waals surface area (Å²) >= 11 is 6.90. The highest BCUT2D eigenvalue weighted by Gasteiger charge is 2.41. The standard InChI is InChI=1S/C8H12ClN3OS/c9-6-7(12-14-11-6)10-5-8(1-2-8)3-4-13/h13H,1-5H2,(H,10,12). The van der Waals surface area contributed by atoms with Crippen molar-refractivity contribution >= 4 is 29.1 Å². The van der Waals surface area contributed by atoms with Gasteiger partial charge in [0.15, 0.2) is 11.0 Å². The highest BCUT2D eigenvalue weighted by atomic mass is 35.5. The zero-order valence-electron chi connectivity index (χ0n) is 7.66. The van der Waals surface area contributed by atoms with E-state index in [1.807, 2.05) is 0 Å². The molecular weight excluding hydrogens is 222 g/mol. The van der Waals surface area contributed by atoms with E-state index in [4.69, 9.17) is 16.7 Å². The van der Waals surface area contributed by atoms with Crippen molar-refractivity contribution < 1.29 is 5.11 Å². The molecule has 14 heavy (non-hydrogen) atoms.